The van der Waals surface area contributed by atoms with Gasteiger partial charge in [-0.05, 0) is 39.1 Å². The van der Waals surface area contributed by atoms with Crippen LogP contribution in [0.25, 0.3) is 10.9 Å². The summed E-state index contributed by atoms with van der Waals surface area (Å²) in [5, 5.41) is 3.37. The smallest absolute Gasteiger partial charge is 0.419 e. The van der Waals surface area contributed by atoms with E-state index in [9.17, 15) is 22.0 Å². The Bertz CT molecular complexity index is 1290. The van der Waals surface area contributed by atoms with Crippen LogP contribution in [0.1, 0.15) is 29.9 Å². The summed E-state index contributed by atoms with van der Waals surface area (Å²) in [4.78, 5) is 10.9. The third-order valence-corrected chi connectivity index (χ3v) is 6.05. The number of methoxy groups -OCH3 is 1. The number of alkyl halides is 3. The number of nitrogens with zero attached hydrogens (tertiary/aromatic N) is 3. The third-order valence-electron chi connectivity index (χ3n) is 6.05. The fraction of sp³-hybridized carbons (Fsp3) is 0.440. The van der Waals surface area contributed by atoms with Crippen molar-refractivity contribution in [3.8, 4) is 11.5 Å². The molecule has 1 aliphatic heterocycles. The molecule has 2 aromatic carbocycles. The Morgan fingerprint density at radius 1 is 1.16 bits per heavy atom. The largest absolute Gasteiger partial charge is 0.493 e. The number of ether oxygens (including phenoxy) is 3. The molecule has 0 radical (unpaired) electrons. The Labute approximate surface area is 210 Å². The molecule has 2 heterocycles. The molecule has 0 unspecified atom stereocenters. The zero-order chi connectivity index (χ0) is 26.9. The van der Waals surface area contributed by atoms with Gasteiger partial charge in [0.25, 0.3) is 0 Å². The first-order valence-corrected chi connectivity index (χ1v) is 11.6. The van der Waals surface area contributed by atoms with Crippen molar-refractivity contribution in [1.82, 2.24) is 14.9 Å². The van der Waals surface area contributed by atoms with Crippen molar-refractivity contribution in [3.63, 3.8) is 0 Å². The maximum atomic E-state index is 14.8. The molecule has 12 heteroatoms. The number of morpholine rings is 1. The number of hydrogen-bond acceptors (Lipinski definition) is 7. The summed E-state index contributed by atoms with van der Waals surface area (Å²) < 4.78 is 85.6. The second-order valence-corrected chi connectivity index (χ2v) is 8.93. The molecule has 1 saturated heterocycles. The average Bonchev–Trinajstić information content (AvgIpc) is 2.82. The van der Waals surface area contributed by atoms with Gasteiger partial charge in [0.2, 0.25) is 0 Å². The van der Waals surface area contributed by atoms with Crippen molar-refractivity contribution in [2.75, 3.05) is 45.8 Å². The maximum Gasteiger partial charge on any atom is 0.419 e. The summed E-state index contributed by atoms with van der Waals surface area (Å²) in [6.45, 7) is 5.42. The van der Waals surface area contributed by atoms with Crippen LogP contribution in [0.5, 0.6) is 11.5 Å². The molecule has 0 amide bonds. The fourth-order valence-electron chi connectivity index (χ4n) is 4.20. The summed E-state index contributed by atoms with van der Waals surface area (Å²) in [5.74, 6) is -1.38. The molecule has 1 aliphatic rings. The number of fused-ring (bicyclic) bond motifs is 1. The average molecular weight is 527 g/mol. The Kier molecular flexibility index (Phi) is 7.69. The Morgan fingerprint density at radius 2 is 1.92 bits per heavy atom. The van der Waals surface area contributed by atoms with E-state index in [1.807, 2.05) is 7.05 Å². The van der Waals surface area contributed by atoms with E-state index in [-0.39, 0.29) is 24.6 Å². The Morgan fingerprint density at radius 3 is 2.59 bits per heavy atom. The standard InChI is InChI=1S/C25H27F5N4O3/c1-13(17-7-15(26)8-19(23(17)27)25(28,29)30)31-24-18-9-22(37-12-16-11-34(3)5-6-36-16)21(35-4)10-20(18)32-14(2)33-24/h7-10,13,16H,5-6,11-12H2,1-4H3,(H,31,32,33)/t13-,16-/m1/s1. The molecular formula is C25H27F5N4O3. The molecule has 2 atom stereocenters. The zero-order valence-electron chi connectivity index (χ0n) is 20.7. The molecule has 3 aromatic rings. The van der Waals surface area contributed by atoms with E-state index in [0.29, 0.717) is 41.4 Å². The van der Waals surface area contributed by atoms with Crippen LogP contribution in [-0.4, -0.2) is 61.4 Å². The van der Waals surface area contributed by atoms with Gasteiger partial charge in [0.05, 0.1) is 30.8 Å². The molecule has 4 rings (SSSR count). The molecular weight excluding hydrogens is 499 g/mol. The highest BCUT2D eigenvalue weighted by Crippen LogP contribution is 2.38. The van der Waals surface area contributed by atoms with E-state index in [4.69, 9.17) is 14.2 Å². The van der Waals surface area contributed by atoms with Crippen molar-refractivity contribution >= 4 is 16.7 Å². The highest BCUT2D eigenvalue weighted by Gasteiger charge is 2.36. The number of rotatable bonds is 7. The van der Waals surface area contributed by atoms with Crippen LogP contribution in [0.4, 0.5) is 27.8 Å². The number of anilines is 1. The molecule has 1 N–H and O–H groups in total. The van der Waals surface area contributed by atoms with Crippen LogP contribution in [0.15, 0.2) is 24.3 Å². The van der Waals surface area contributed by atoms with Gasteiger partial charge in [0, 0.05) is 30.1 Å². The monoisotopic (exact) mass is 526 g/mol. The van der Waals surface area contributed by atoms with Gasteiger partial charge in [-0.3, -0.25) is 0 Å². The second kappa shape index (κ2) is 10.6. The van der Waals surface area contributed by atoms with Crippen LogP contribution in [0.2, 0.25) is 0 Å². The van der Waals surface area contributed by atoms with E-state index in [0.717, 1.165) is 12.6 Å². The SMILES string of the molecule is COc1cc2nc(C)nc(N[C@H](C)c3cc(F)cc(C(F)(F)F)c3F)c2cc1OC[C@H]1CN(C)CCO1. The van der Waals surface area contributed by atoms with E-state index < -0.39 is 35.0 Å². The highest BCUT2D eigenvalue weighted by molar-refractivity contribution is 5.92. The van der Waals surface area contributed by atoms with Gasteiger partial charge in [-0.15, -0.1) is 0 Å². The Balaban J connectivity index is 1.68. The lowest BCUT2D eigenvalue weighted by Crippen LogP contribution is -2.42. The van der Waals surface area contributed by atoms with Crippen LogP contribution < -0.4 is 14.8 Å². The molecule has 7 nitrogen and oxygen atoms in total. The quantitative estimate of drug-likeness (QED) is 0.429. The number of halogens is 5. The highest BCUT2D eigenvalue weighted by atomic mass is 19.4. The van der Waals surface area contributed by atoms with Crippen molar-refractivity contribution in [2.45, 2.75) is 32.2 Å². The number of aromatic nitrogens is 2. The van der Waals surface area contributed by atoms with Gasteiger partial charge in [0.15, 0.2) is 11.5 Å². The van der Waals surface area contributed by atoms with Crippen LogP contribution in [0.3, 0.4) is 0 Å². The lowest BCUT2D eigenvalue weighted by atomic mass is 10.0. The van der Waals surface area contributed by atoms with Crippen LogP contribution in [-0.2, 0) is 10.9 Å². The van der Waals surface area contributed by atoms with E-state index in [2.05, 4.69) is 20.2 Å². The molecule has 1 fully saturated rings. The van der Waals surface area contributed by atoms with Crippen LogP contribution in [0, 0.1) is 18.6 Å². The molecule has 0 saturated carbocycles. The van der Waals surface area contributed by atoms with Crippen molar-refractivity contribution in [3.05, 3.63) is 52.9 Å². The zero-order valence-corrected chi connectivity index (χ0v) is 20.7. The maximum absolute atomic E-state index is 14.8. The van der Waals surface area contributed by atoms with Gasteiger partial charge in [-0.2, -0.15) is 13.2 Å². The van der Waals surface area contributed by atoms with Crippen LogP contribution >= 0.6 is 0 Å². The van der Waals surface area contributed by atoms with E-state index >= 15 is 0 Å². The first-order chi connectivity index (χ1) is 17.5. The normalized spacial score (nSPS) is 17.6. The second-order valence-electron chi connectivity index (χ2n) is 8.93. The molecule has 0 bridgehead atoms. The molecule has 1 aromatic heterocycles. The Hall–Kier alpha value is -3.25. The summed E-state index contributed by atoms with van der Waals surface area (Å²) in [6, 6.07) is 3.09. The number of aryl methyl sites for hydroxylation is 1. The van der Waals surface area contributed by atoms with Gasteiger partial charge < -0.3 is 24.4 Å². The van der Waals surface area contributed by atoms with Gasteiger partial charge in [0.1, 0.15) is 36.0 Å². The third kappa shape index (κ3) is 6.02. The predicted molar refractivity (Wildman–Crippen MR) is 127 cm³/mol. The van der Waals surface area contributed by atoms with Gasteiger partial charge in [-0.1, -0.05) is 0 Å². The summed E-state index contributed by atoms with van der Waals surface area (Å²) in [6.07, 6.45) is -5.19. The van der Waals surface area contributed by atoms with Gasteiger partial charge in [-0.25, -0.2) is 18.7 Å². The minimum Gasteiger partial charge on any atom is -0.493 e. The number of benzene rings is 2. The molecule has 0 spiro atoms. The predicted octanol–water partition coefficient (Wildman–Crippen LogP) is 5.13. The van der Waals surface area contributed by atoms with Crippen molar-refractivity contribution < 1.29 is 36.2 Å². The lowest BCUT2D eigenvalue weighted by Gasteiger charge is -2.30. The summed E-state index contributed by atoms with van der Waals surface area (Å²) in [5.41, 5.74) is -1.69. The summed E-state index contributed by atoms with van der Waals surface area (Å²) in [7, 11) is 3.48. The minimum absolute atomic E-state index is 0.138. The molecule has 200 valence electrons. The molecule has 0 aliphatic carbocycles. The van der Waals surface area contributed by atoms with E-state index in [1.54, 1.807) is 19.1 Å². The first-order valence-electron chi connectivity index (χ1n) is 11.6. The topological polar surface area (TPSA) is 68.7 Å². The molecule has 37 heavy (non-hydrogen) atoms. The van der Waals surface area contributed by atoms with Crippen molar-refractivity contribution in [1.29, 1.82) is 0 Å². The minimum atomic E-state index is -5.04. The number of likely N-dealkylation sites (N-methyl/N-ethyl adjacent to an activating group) is 1. The summed E-state index contributed by atoms with van der Waals surface area (Å²) >= 11 is 0. The lowest BCUT2D eigenvalue weighted by molar-refractivity contribution is -0.140. The number of hydrogen-bond donors (Lipinski definition) is 1. The van der Waals surface area contributed by atoms with Crippen molar-refractivity contribution in [2.24, 2.45) is 0 Å². The number of nitrogens with one attached hydrogen (secondary N) is 1. The fourth-order valence-corrected chi connectivity index (χ4v) is 4.20. The van der Waals surface area contributed by atoms with E-state index in [1.165, 1.54) is 14.0 Å². The first kappa shape index (κ1) is 26.8. The van der Waals surface area contributed by atoms with Gasteiger partial charge >= 0.3 is 6.18 Å².